The lowest BCUT2D eigenvalue weighted by atomic mass is 10.1. The van der Waals surface area contributed by atoms with Crippen molar-refractivity contribution in [3.8, 4) is 0 Å². The van der Waals surface area contributed by atoms with Gasteiger partial charge in [-0.05, 0) is 17.7 Å². The Hall–Kier alpha value is -2.09. The summed E-state index contributed by atoms with van der Waals surface area (Å²) < 4.78 is 39.5. The van der Waals surface area contributed by atoms with Crippen molar-refractivity contribution in [2.24, 2.45) is 10.7 Å². The van der Waals surface area contributed by atoms with Crippen LogP contribution in [0.4, 0.5) is 18.0 Å². The van der Waals surface area contributed by atoms with Crippen LogP contribution in [0, 0.1) is 17.5 Å². The van der Waals surface area contributed by atoms with Gasteiger partial charge >= 0.3 is 6.03 Å². The second-order valence-corrected chi connectivity index (χ2v) is 4.43. The Bertz CT molecular complexity index is 541. The van der Waals surface area contributed by atoms with Gasteiger partial charge in [0.2, 0.25) is 0 Å². The second kappa shape index (κ2) is 5.49. The highest BCUT2D eigenvalue weighted by molar-refractivity contribution is 5.85. The normalized spacial score (nSPS) is 16.8. The molecule has 5 nitrogen and oxygen atoms in total. The fourth-order valence-electron chi connectivity index (χ4n) is 1.97. The van der Waals surface area contributed by atoms with Crippen molar-refractivity contribution < 1.29 is 18.0 Å². The monoisotopic (exact) mass is 286 g/mol. The van der Waals surface area contributed by atoms with Gasteiger partial charge in [0.1, 0.15) is 0 Å². The summed E-state index contributed by atoms with van der Waals surface area (Å²) in [5.74, 6) is -4.09. The van der Waals surface area contributed by atoms with Crippen molar-refractivity contribution in [2.75, 3.05) is 20.3 Å². The first-order valence-electron chi connectivity index (χ1n) is 5.83. The van der Waals surface area contributed by atoms with Crippen molar-refractivity contribution >= 4 is 12.4 Å². The standard InChI is InChI=1S/C12H13F3N4O/c1-18-6-19(5-17-12(18)20)10(4-16)7-2-8(13)11(15)9(14)3-7/h2-3,5,10H,4,6,16H2,1H3. The van der Waals surface area contributed by atoms with Crippen LogP contribution in [-0.4, -0.2) is 42.4 Å². The molecule has 2 amide bonds. The van der Waals surface area contributed by atoms with Crippen LogP contribution in [0.1, 0.15) is 11.6 Å². The molecule has 0 fully saturated rings. The lowest BCUT2D eigenvalue weighted by Gasteiger charge is -2.34. The molecule has 1 aromatic rings. The summed E-state index contributed by atoms with van der Waals surface area (Å²) in [5, 5.41) is 0. The maximum absolute atomic E-state index is 13.3. The minimum absolute atomic E-state index is 0.0264. The van der Waals surface area contributed by atoms with Crippen molar-refractivity contribution in [1.82, 2.24) is 9.80 Å². The molecule has 8 heteroatoms. The molecule has 0 bridgehead atoms. The number of carbonyl (C=O) groups excluding carboxylic acids is 1. The quantitative estimate of drug-likeness (QED) is 0.856. The largest absolute Gasteiger partial charge is 0.346 e. The molecule has 1 heterocycles. The average molecular weight is 286 g/mol. The first-order chi connectivity index (χ1) is 9.43. The van der Waals surface area contributed by atoms with E-state index < -0.39 is 29.5 Å². The zero-order valence-electron chi connectivity index (χ0n) is 10.7. The molecule has 1 atom stereocenters. The molecule has 1 unspecified atom stereocenters. The molecule has 20 heavy (non-hydrogen) atoms. The number of nitrogens with two attached hydrogens (primary N) is 1. The van der Waals surface area contributed by atoms with E-state index >= 15 is 0 Å². The van der Waals surface area contributed by atoms with Crippen LogP contribution in [0.25, 0.3) is 0 Å². The second-order valence-electron chi connectivity index (χ2n) is 4.43. The van der Waals surface area contributed by atoms with Crippen LogP contribution in [-0.2, 0) is 0 Å². The Labute approximate surface area is 113 Å². The first kappa shape index (κ1) is 14.3. The molecule has 1 aromatic carbocycles. The lowest BCUT2D eigenvalue weighted by Crippen LogP contribution is -2.45. The van der Waals surface area contributed by atoms with Gasteiger partial charge in [-0.3, -0.25) is 0 Å². The molecule has 0 aromatic heterocycles. The number of carbonyl (C=O) groups is 1. The first-order valence-corrected chi connectivity index (χ1v) is 5.83. The maximum Gasteiger partial charge on any atom is 0.346 e. The van der Waals surface area contributed by atoms with Crippen LogP contribution in [0.2, 0.25) is 0 Å². The molecule has 1 aliphatic heterocycles. The third kappa shape index (κ3) is 2.60. The van der Waals surface area contributed by atoms with E-state index in [1.54, 1.807) is 4.90 Å². The predicted molar refractivity (Wildman–Crippen MR) is 66.5 cm³/mol. The highest BCUT2D eigenvalue weighted by Gasteiger charge is 2.25. The van der Waals surface area contributed by atoms with Crippen molar-refractivity contribution in [3.05, 3.63) is 35.1 Å². The van der Waals surface area contributed by atoms with Gasteiger partial charge in [-0.2, -0.15) is 4.99 Å². The van der Waals surface area contributed by atoms with Gasteiger partial charge < -0.3 is 15.5 Å². The smallest absolute Gasteiger partial charge is 0.336 e. The number of amides is 2. The van der Waals surface area contributed by atoms with E-state index in [1.807, 2.05) is 0 Å². The van der Waals surface area contributed by atoms with Crippen LogP contribution in [0.15, 0.2) is 17.1 Å². The van der Waals surface area contributed by atoms with Gasteiger partial charge in [0, 0.05) is 13.6 Å². The minimum Gasteiger partial charge on any atom is -0.336 e. The predicted octanol–water partition coefficient (Wildman–Crippen LogP) is 1.46. The number of nitrogens with zero attached hydrogens (tertiary/aromatic N) is 3. The van der Waals surface area contributed by atoms with Crippen LogP contribution >= 0.6 is 0 Å². The zero-order chi connectivity index (χ0) is 14.9. The Morgan fingerprint density at radius 3 is 2.45 bits per heavy atom. The van der Waals surface area contributed by atoms with Gasteiger partial charge in [-0.15, -0.1) is 0 Å². The van der Waals surface area contributed by atoms with Crippen LogP contribution in [0.3, 0.4) is 0 Å². The number of hydrogen-bond donors (Lipinski definition) is 1. The number of rotatable bonds is 3. The number of aliphatic imine (C=N–C) groups is 1. The lowest BCUT2D eigenvalue weighted by molar-refractivity contribution is 0.172. The van der Waals surface area contributed by atoms with Gasteiger partial charge in [0.25, 0.3) is 0 Å². The van der Waals surface area contributed by atoms with Gasteiger partial charge in [-0.25, -0.2) is 18.0 Å². The third-order valence-corrected chi connectivity index (χ3v) is 3.03. The highest BCUT2D eigenvalue weighted by Crippen LogP contribution is 2.24. The van der Waals surface area contributed by atoms with Crippen molar-refractivity contribution in [1.29, 1.82) is 0 Å². The SMILES string of the molecule is CN1CN(C(CN)c2cc(F)c(F)c(F)c2)C=NC1=O. The number of benzene rings is 1. The molecule has 0 spiro atoms. The van der Waals surface area contributed by atoms with Crippen molar-refractivity contribution in [3.63, 3.8) is 0 Å². The van der Waals surface area contributed by atoms with Crippen LogP contribution < -0.4 is 5.73 Å². The third-order valence-electron chi connectivity index (χ3n) is 3.03. The van der Waals surface area contributed by atoms with E-state index in [9.17, 15) is 18.0 Å². The molecule has 0 aliphatic carbocycles. The Balaban J connectivity index is 2.34. The van der Waals surface area contributed by atoms with Crippen LogP contribution in [0.5, 0.6) is 0 Å². The number of hydrogen-bond acceptors (Lipinski definition) is 3. The summed E-state index contributed by atoms with van der Waals surface area (Å²) in [6.07, 6.45) is 1.26. The molecule has 0 saturated carbocycles. The summed E-state index contributed by atoms with van der Waals surface area (Å²) in [5.41, 5.74) is 5.79. The van der Waals surface area contributed by atoms with Crippen molar-refractivity contribution in [2.45, 2.75) is 6.04 Å². The number of urea groups is 1. The van der Waals surface area contributed by atoms with Gasteiger partial charge in [0.15, 0.2) is 17.5 Å². The van der Waals surface area contributed by atoms with E-state index in [-0.39, 0.29) is 18.8 Å². The fourth-order valence-corrected chi connectivity index (χ4v) is 1.97. The fraction of sp³-hybridized carbons (Fsp3) is 0.333. The van der Waals surface area contributed by atoms with Gasteiger partial charge in [0.05, 0.1) is 19.0 Å². The molecule has 0 radical (unpaired) electrons. The van der Waals surface area contributed by atoms with E-state index in [4.69, 9.17) is 5.73 Å². The summed E-state index contributed by atoms with van der Waals surface area (Å²) in [7, 11) is 1.53. The molecule has 108 valence electrons. The summed E-state index contributed by atoms with van der Waals surface area (Å²) >= 11 is 0. The molecular formula is C12H13F3N4O. The average Bonchev–Trinajstić information content (AvgIpc) is 2.41. The molecule has 2 rings (SSSR count). The molecular weight excluding hydrogens is 273 g/mol. The minimum atomic E-state index is -1.52. The topological polar surface area (TPSA) is 61.9 Å². The molecule has 0 saturated heterocycles. The van der Waals surface area contributed by atoms with E-state index in [0.717, 1.165) is 12.1 Å². The van der Waals surface area contributed by atoms with Gasteiger partial charge in [-0.1, -0.05) is 0 Å². The maximum atomic E-state index is 13.3. The van der Waals surface area contributed by atoms with E-state index in [1.165, 1.54) is 18.3 Å². The Kier molecular flexibility index (Phi) is 3.93. The summed E-state index contributed by atoms with van der Waals surface area (Å²) in [6, 6.07) is 0.743. The Morgan fingerprint density at radius 2 is 1.95 bits per heavy atom. The number of halogens is 3. The molecule has 2 N–H and O–H groups in total. The Morgan fingerprint density at radius 1 is 1.35 bits per heavy atom. The summed E-state index contributed by atoms with van der Waals surface area (Å²) in [4.78, 5) is 17.7. The summed E-state index contributed by atoms with van der Waals surface area (Å²) in [6.45, 7) is 0.198. The highest BCUT2D eigenvalue weighted by atomic mass is 19.2. The zero-order valence-corrected chi connectivity index (χ0v) is 10.7. The molecule has 1 aliphatic rings. The van der Waals surface area contributed by atoms with E-state index in [2.05, 4.69) is 4.99 Å². The van der Waals surface area contributed by atoms with E-state index in [0.29, 0.717) is 0 Å².